The number of morpholine rings is 1. The van der Waals surface area contributed by atoms with Crippen molar-refractivity contribution in [2.75, 3.05) is 44.8 Å². The van der Waals surface area contributed by atoms with Crippen LogP contribution in [0.15, 0.2) is 47.6 Å². The highest BCUT2D eigenvalue weighted by molar-refractivity contribution is 6.50. The summed E-state index contributed by atoms with van der Waals surface area (Å²) >= 11 is 0. The van der Waals surface area contributed by atoms with Crippen LogP contribution in [0.2, 0.25) is 0 Å². The van der Waals surface area contributed by atoms with Gasteiger partial charge >= 0.3 is 0 Å². The van der Waals surface area contributed by atoms with Gasteiger partial charge in [0.2, 0.25) is 0 Å². The second kappa shape index (κ2) is 10.5. The fourth-order valence-corrected chi connectivity index (χ4v) is 4.06. The van der Waals surface area contributed by atoms with E-state index in [1.165, 1.54) is 0 Å². The number of nitrogens with one attached hydrogen (secondary N) is 1. The largest absolute Gasteiger partial charge is 0.492 e. The summed E-state index contributed by atoms with van der Waals surface area (Å²) in [5.41, 5.74) is 1.11. The zero-order chi connectivity index (χ0) is 25.0. The highest BCUT2D eigenvalue weighted by atomic mass is 16.5. The first-order valence-corrected chi connectivity index (χ1v) is 11.8. The molecular formula is C26H33N5O4. The highest BCUT2D eigenvalue weighted by Gasteiger charge is 2.23. The average Bonchev–Trinajstić information content (AvgIpc) is 3.22. The van der Waals surface area contributed by atoms with Gasteiger partial charge in [-0.2, -0.15) is 5.10 Å². The molecular weight excluding hydrogens is 446 g/mol. The van der Waals surface area contributed by atoms with Crippen LogP contribution in [0.25, 0.3) is 10.8 Å². The Morgan fingerprint density at radius 2 is 1.89 bits per heavy atom. The Morgan fingerprint density at radius 3 is 2.54 bits per heavy atom. The summed E-state index contributed by atoms with van der Waals surface area (Å²) in [4.78, 5) is 15.5. The van der Waals surface area contributed by atoms with Crippen molar-refractivity contribution in [3.63, 3.8) is 0 Å². The van der Waals surface area contributed by atoms with Crippen molar-refractivity contribution in [3.8, 4) is 5.75 Å². The van der Waals surface area contributed by atoms with E-state index >= 15 is 0 Å². The van der Waals surface area contributed by atoms with Gasteiger partial charge in [-0.3, -0.25) is 14.4 Å². The van der Waals surface area contributed by atoms with Gasteiger partial charge in [0.05, 0.1) is 18.9 Å². The molecule has 0 unspecified atom stereocenters. The number of ether oxygens (including phenoxy) is 2. The van der Waals surface area contributed by atoms with Crippen LogP contribution in [0.3, 0.4) is 0 Å². The second-order valence-corrected chi connectivity index (χ2v) is 9.65. The molecule has 1 aliphatic heterocycles. The number of aromatic nitrogens is 2. The summed E-state index contributed by atoms with van der Waals surface area (Å²) in [6.45, 7) is 10.8. The van der Waals surface area contributed by atoms with Gasteiger partial charge in [-0.25, -0.2) is 0 Å². The monoisotopic (exact) mass is 479 g/mol. The molecule has 3 aromatic rings. The molecule has 9 heteroatoms. The highest BCUT2D eigenvalue weighted by Crippen LogP contribution is 2.30. The molecule has 0 radical (unpaired) electrons. The van der Waals surface area contributed by atoms with Crippen LogP contribution in [0, 0.1) is 0 Å². The first-order valence-electron chi connectivity index (χ1n) is 11.8. The lowest BCUT2D eigenvalue weighted by atomic mass is 9.92. The lowest BCUT2D eigenvalue weighted by molar-refractivity contribution is -0.110. The predicted octanol–water partition coefficient (Wildman–Crippen LogP) is 3.40. The van der Waals surface area contributed by atoms with Crippen molar-refractivity contribution in [3.05, 3.63) is 53.7 Å². The molecule has 35 heavy (non-hydrogen) atoms. The number of oxime groups is 1. The first-order chi connectivity index (χ1) is 16.8. The Hall–Kier alpha value is -3.43. The minimum atomic E-state index is -0.526. The minimum absolute atomic E-state index is 0.0837. The quantitative estimate of drug-likeness (QED) is 0.306. The van der Waals surface area contributed by atoms with Crippen molar-refractivity contribution in [2.24, 2.45) is 12.2 Å². The van der Waals surface area contributed by atoms with Gasteiger partial charge in [0, 0.05) is 49.1 Å². The van der Waals surface area contributed by atoms with Crippen molar-refractivity contribution in [1.29, 1.82) is 0 Å². The number of aryl methyl sites for hydroxylation is 1. The van der Waals surface area contributed by atoms with E-state index in [4.69, 9.17) is 9.47 Å². The topological polar surface area (TPSA) is 101 Å². The number of nitrogens with zero attached hydrogens (tertiary/aromatic N) is 4. The van der Waals surface area contributed by atoms with Crippen LogP contribution in [0.5, 0.6) is 5.75 Å². The van der Waals surface area contributed by atoms with Crippen LogP contribution in [0.4, 0.5) is 5.82 Å². The van der Waals surface area contributed by atoms with Crippen LogP contribution in [-0.4, -0.2) is 71.0 Å². The summed E-state index contributed by atoms with van der Waals surface area (Å²) < 4.78 is 13.1. The van der Waals surface area contributed by atoms with Gasteiger partial charge in [0.15, 0.2) is 5.71 Å². The van der Waals surface area contributed by atoms with Crippen molar-refractivity contribution in [1.82, 2.24) is 14.7 Å². The van der Waals surface area contributed by atoms with Crippen LogP contribution in [-0.2, 0) is 22.0 Å². The zero-order valence-corrected chi connectivity index (χ0v) is 20.7. The molecule has 1 aliphatic rings. The van der Waals surface area contributed by atoms with E-state index in [2.05, 4.69) is 41.2 Å². The van der Waals surface area contributed by atoms with Gasteiger partial charge in [-0.05, 0) is 17.5 Å². The second-order valence-electron chi connectivity index (χ2n) is 9.65. The Balaban J connectivity index is 1.54. The normalized spacial score (nSPS) is 15.4. The molecule has 2 heterocycles. The fraction of sp³-hybridized carbons (Fsp3) is 0.423. The number of carbonyl (C=O) groups is 1. The molecule has 9 nitrogen and oxygen atoms in total. The number of fused-ring (bicyclic) bond motifs is 1. The molecule has 1 fully saturated rings. The Bertz CT molecular complexity index is 1220. The van der Waals surface area contributed by atoms with Gasteiger partial charge < -0.3 is 20.0 Å². The van der Waals surface area contributed by atoms with Gasteiger partial charge in [0.25, 0.3) is 5.91 Å². The Morgan fingerprint density at radius 1 is 1.17 bits per heavy atom. The van der Waals surface area contributed by atoms with E-state index in [-0.39, 0.29) is 11.1 Å². The average molecular weight is 480 g/mol. The van der Waals surface area contributed by atoms with E-state index in [9.17, 15) is 10.0 Å². The third-order valence-corrected chi connectivity index (χ3v) is 6.11. The summed E-state index contributed by atoms with van der Waals surface area (Å²) in [6, 6.07) is 13.0. The van der Waals surface area contributed by atoms with Crippen molar-refractivity contribution in [2.45, 2.75) is 26.2 Å². The molecule has 0 saturated carbocycles. The smallest absolute Gasteiger partial charge is 0.279 e. The summed E-state index contributed by atoms with van der Waals surface area (Å²) in [6.07, 6.45) is 0. The summed E-state index contributed by atoms with van der Waals surface area (Å²) in [5.74, 6) is 0.715. The maximum atomic E-state index is 13.1. The Kier molecular flexibility index (Phi) is 7.37. The fourth-order valence-electron chi connectivity index (χ4n) is 4.06. The van der Waals surface area contributed by atoms with E-state index in [0.717, 1.165) is 55.1 Å². The maximum Gasteiger partial charge on any atom is 0.279 e. The SMILES string of the molecule is Cn1nc(C(C)(C)C)cc1NC(=O)C(=NO)c1ccc(OCCN2CCOCC2)c2ccccc12. The van der Waals surface area contributed by atoms with E-state index in [0.29, 0.717) is 18.0 Å². The molecule has 0 bridgehead atoms. The molecule has 0 aliphatic carbocycles. The van der Waals surface area contributed by atoms with Gasteiger partial charge in [-0.15, -0.1) is 0 Å². The maximum absolute atomic E-state index is 13.1. The molecule has 0 atom stereocenters. The number of hydrogen-bond acceptors (Lipinski definition) is 7. The molecule has 0 spiro atoms. The van der Waals surface area contributed by atoms with Crippen LogP contribution >= 0.6 is 0 Å². The van der Waals surface area contributed by atoms with Gasteiger partial charge in [0.1, 0.15) is 18.2 Å². The lowest BCUT2D eigenvalue weighted by Gasteiger charge is -2.26. The van der Waals surface area contributed by atoms with Crippen LogP contribution in [0.1, 0.15) is 32.0 Å². The molecule has 1 saturated heterocycles. The third-order valence-electron chi connectivity index (χ3n) is 6.11. The number of rotatable bonds is 7. The van der Waals surface area contributed by atoms with E-state index < -0.39 is 5.91 Å². The lowest BCUT2D eigenvalue weighted by Crippen LogP contribution is -2.38. The molecule has 1 aromatic heterocycles. The van der Waals surface area contributed by atoms with Crippen molar-refractivity contribution >= 4 is 28.2 Å². The molecule has 4 rings (SSSR count). The number of hydrogen-bond donors (Lipinski definition) is 2. The number of amides is 1. The zero-order valence-electron chi connectivity index (χ0n) is 20.7. The summed E-state index contributed by atoms with van der Waals surface area (Å²) in [7, 11) is 1.76. The Labute approximate surface area is 205 Å². The molecule has 2 N–H and O–H groups in total. The molecule has 1 amide bonds. The number of benzene rings is 2. The van der Waals surface area contributed by atoms with Crippen molar-refractivity contribution < 1.29 is 19.5 Å². The predicted molar refractivity (Wildman–Crippen MR) is 136 cm³/mol. The van der Waals surface area contributed by atoms with Crippen LogP contribution < -0.4 is 10.1 Å². The van der Waals surface area contributed by atoms with Gasteiger partial charge in [-0.1, -0.05) is 50.2 Å². The molecule has 2 aromatic carbocycles. The third kappa shape index (κ3) is 5.63. The molecule has 186 valence electrons. The number of anilines is 1. The summed E-state index contributed by atoms with van der Waals surface area (Å²) in [5, 5.41) is 22.1. The van der Waals surface area contributed by atoms with E-state index in [1.54, 1.807) is 17.8 Å². The first kappa shape index (κ1) is 24.7. The van der Waals surface area contributed by atoms with E-state index in [1.807, 2.05) is 36.4 Å². The standard InChI is InChI=1S/C26H33N5O4/c1-26(2,3)22-17-23(30(4)28-22)27-25(32)24(29-33)20-9-10-21(19-8-6-5-7-18(19)20)35-16-13-31-11-14-34-15-12-31/h5-10,17,33H,11-16H2,1-4H3,(H,27,32). The minimum Gasteiger partial charge on any atom is -0.492 e. The number of carbonyl (C=O) groups excluding carboxylic acids is 1.